The number of nitrogens with zero attached hydrogens (tertiary/aromatic N) is 1. The van der Waals surface area contributed by atoms with Crippen molar-refractivity contribution in [1.82, 2.24) is 4.90 Å². The molecule has 1 aliphatic carbocycles. The summed E-state index contributed by atoms with van der Waals surface area (Å²) in [6.07, 6.45) is 5.66. The van der Waals surface area contributed by atoms with E-state index in [1.807, 2.05) is 0 Å². The Kier molecular flexibility index (Phi) is 6.75. The molecular weight excluding hydrogens is 318 g/mol. The molecule has 1 aromatic carbocycles. The fourth-order valence-electron chi connectivity index (χ4n) is 4.60. The Hall–Kier alpha value is -0.570. The quantitative estimate of drug-likeness (QED) is 0.822. The van der Waals surface area contributed by atoms with Crippen molar-refractivity contribution in [3.63, 3.8) is 0 Å². The van der Waals surface area contributed by atoms with Gasteiger partial charge in [0.1, 0.15) is 0 Å². The summed E-state index contributed by atoms with van der Waals surface area (Å²) < 4.78 is 0. The molecule has 1 heterocycles. The van der Waals surface area contributed by atoms with Crippen molar-refractivity contribution in [3.05, 3.63) is 35.9 Å². The summed E-state index contributed by atoms with van der Waals surface area (Å²) in [5, 5.41) is 10.5. The highest BCUT2D eigenvalue weighted by Gasteiger charge is 2.38. The molecule has 3 atom stereocenters. The molecule has 24 heavy (non-hydrogen) atoms. The molecule has 2 nitrogen and oxygen atoms in total. The number of benzene rings is 1. The van der Waals surface area contributed by atoms with Gasteiger partial charge in [-0.2, -0.15) is 0 Å². The second-order valence-electron chi connectivity index (χ2n) is 8.73. The molecule has 136 valence electrons. The zero-order valence-corrected chi connectivity index (χ0v) is 16.3. The highest BCUT2D eigenvalue weighted by Crippen LogP contribution is 2.40. The fourth-order valence-corrected chi connectivity index (χ4v) is 4.60. The van der Waals surface area contributed by atoms with E-state index in [1.165, 1.54) is 31.2 Å². The van der Waals surface area contributed by atoms with E-state index in [1.54, 1.807) is 0 Å². The van der Waals surface area contributed by atoms with Crippen LogP contribution in [0.25, 0.3) is 0 Å². The number of aliphatic hydroxyl groups excluding tert-OH is 1. The summed E-state index contributed by atoms with van der Waals surface area (Å²) >= 11 is 0. The highest BCUT2D eigenvalue weighted by atomic mass is 35.5. The van der Waals surface area contributed by atoms with Crippen LogP contribution in [-0.4, -0.2) is 35.2 Å². The first-order valence-corrected chi connectivity index (χ1v) is 9.42. The van der Waals surface area contributed by atoms with Gasteiger partial charge in [0, 0.05) is 6.04 Å². The summed E-state index contributed by atoms with van der Waals surface area (Å²) in [5.41, 5.74) is 1.85. The summed E-state index contributed by atoms with van der Waals surface area (Å²) in [5.74, 6) is 1.44. The Morgan fingerprint density at radius 1 is 0.958 bits per heavy atom. The van der Waals surface area contributed by atoms with E-state index in [2.05, 4.69) is 56.0 Å². The molecular formula is C21H34ClNO. The first-order valence-electron chi connectivity index (χ1n) is 9.42. The first kappa shape index (κ1) is 19.8. The summed E-state index contributed by atoms with van der Waals surface area (Å²) in [6, 6.07) is 11.3. The standard InChI is InChI=1S/C21H33NO.ClH/c1-21(2,3)18-9-10-20(23)19(15-18)22-13-11-17(12-14-22)16-7-5-4-6-8-16;/h4-8,17-20,23H,9-15H2,1-3H3;1H. The minimum atomic E-state index is -0.123. The van der Waals surface area contributed by atoms with E-state index < -0.39 is 0 Å². The van der Waals surface area contributed by atoms with Crippen LogP contribution in [0.1, 0.15) is 64.4 Å². The number of halogens is 1. The lowest BCUT2D eigenvalue weighted by atomic mass is 9.69. The Morgan fingerprint density at radius 2 is 1.58 bits per heavy atom. The smallest absolute Gasteiger partial charge is 0.0695 e. The van der Waals surface area contributed by atoms with Gasteiger partial charge in [0.05, 0.1) is 6.10 Å². The molecule has 0 bridgehead atoms. The molecule has 1 saturated heterocycles. The molecule has 1 aliphatic heterocycles. The van der Waals surface area contributed by atoms with Gasteiger partial charge < -0.3 is 5.11 Å². The summed E-state index contributed by atoms with van der Waals surface area (Å²) in [7, 11) is 0. The largest absolute Gasteiger partial charge is 0.391 e. The molecule has 2 fully saturated rings. The molecule has 2 aliphatic rings. The van der Waals surface area contributed by atoms with Crippen LogP contribution in [0, 0.1) is 11.3 Å². The predicted molar refractivity (Wildman–Crippen MR) is 104 cm³/mol. The van der Waals surface area contributed by atoms with Gasteiger partial charge in [-0.3, -0.25) is 4.90 Å². The van der Waals surface area contributed by atoms with Crippen molar-refractivity contribution in [2.75, 3.05) is 13.1 Å². The molecule has 1 N–H and O–H groups in total. The number of aliphatic hydroxyl groups is 1. The topological polar surface area (TPSA) is 23.5 Å². The molecule has 0 amide bonds. The third kappa shape index (κ3) is 4.53. The SMILES string of the molecule is CC(C)(C)C1CCC(O)C(N2CCC(c3ccccc3)CC2)C1.Cl. The van der Waals surface area contributed by atoms with Gasteiger partial charge in [0.15, 0.2) is 0 Å². The van der Waals surface area contributed by atoms with Crippen molar-refractivity contribution < 1.29 is 5.11 Å². The molecule has 0 aromatic heterocycles. The average Bonchev–Trinajstić information content (AvgIpc) is 2.55. The molecule has 3 rings (SSSR count). The van der Waals surface area contributed by atoms with E-state index in [0.29, 0.717) is 17.4 Å². The van der Waals surface area contributed by atoms with Gasteiger partial charge in [-0.15, -0.1) is 12.4 Å². The van der Waals surface area contributed by atoms with E-state index in [9.17, 15) is 5.11 Å². The van der Waals surface area contributed by atoms with Gasteiger partial charge in [-0.1, -0.05) is 51.1 Å². The first-order chi connectivity index (χ1) is 10.9. The van der Waals surface area contributed by atoms with Crippen LogP contribution in [0.5, 0.6) is 0 Å². The van der Waals surface area contributed by atoms with Crippen molar-refractivity contribution in [3.8, 4) is 0 Å². The maximum absolute atomic E-state index is 10.5. The lowest BCUT2D eigenvalue weighted by Gasteiger charge is -2.46. The molecule has 0 radical (unpaired) electrons. The average molecular weight is 352 g/mol. The second-order valence-corrected chi connectivity index (χ2v) is 8.73. The molecule has 1 aromatic rings. The maximum atomic E-state index is 10.5. The summed E-state index contributed by atoms with van der Waals surface area (Å²) in [4.78, 5) is 2.59. The Bertz CT molecular complexity index is 490. The van der Waals surface area contributed by atoms with Crippen molar-refractivity contribution in [2.24, 2.45) is 11.3 Å². The lowest BCUT2D eigenvalue weighted by molar-refractivity contribution is -0.0250. The van der Waals surface area contributed by atoms with E-state index in [4.69, 9.17) is 0 Å². The lowest BCUT2D eigenvalue weighted by Crippen LogP contribution is -2.51. The van der Waals surface area contributed by atoms with E-state index in [-0.39, 0.29) is 18.5 Å². The zero-order chi connectivity index (χ0) is 16.4. The Morgan fingerprint density at radius 3 is 2.17 bits per heavy atom. The third-order valence-corrected chi connectivity index (χ3v) is 6.28. The normalized spacial score (nSPS) is 29.9. The van der Waals surface area contributed by atoms with Gasteiger partial charge in [-0.05, 0) is 68.0 Å². The number of rotatable bonds is 2. The minimum Gasteiger partial charge on any atom is -0.391 e. The second kappa shape index (κ2) is 8.21. The van der Waals surface area contributed by atoms with Crippen LogP contribution >= 0.6 is 12.4 Å². The number of hydrogen-bond acceptors (Lipinski definition) is 2. The Balaban J connectivity index is 0.00000208. The molecule has 0 spiro atoms. The van der Waals surface area contributed by atoms with Crippen LogP contribution in [0.2, 0.25) is 0 Å². The maximum Gasteiger partial charge on any atom is 0.0695 e. The third-order valence-electron chi connectivity index (χ3n) is 6.28. The minimum absolute atomic E-state index is 0. The van der Waals surface area contributed by atoms with Crippen molar-refractivity contribution in [1.29, 1.82) is 0 Å². The zero-order valence-electron chi connectivity index (χ0n) is 15.4. The van der Waals surface area contributed by atoms with Gasteiger partial charge >= 0.3 is 0 Å². The highest BCUT2D eigenvalue weighted by molar-refractivity contribution is 5.85. The number of likely N-dealkylation sites (tertiary alicyclic amines) is 1. The Labute approximate surface area is 154 Å². The van der Waals surface area contributed by atoms with Crippen LogP contribution in [0.15, 0.2) is 30.3 Å². The molecule has 1 saturated carbocycles. The number of piperidine rings is 1. The van der Waals surface area contributed by atoms with Crippen LogP contribution < -0.4 is 0 Å². The molecule has 3 heteroatoms. The van der Waals surface area contributed by atoms with Gasteiger partial charge in [0.25, 0.3) is 0 Å². The fraction of sp³-hybridized carbons (Fsp3) is 0.714. The van der Waals surface area contributed by atoms with Crippen molar-refractivity contribution in [2.45, 2.75) is 70.9 Å². The molecule has 3 unspecified atom stereocenters. The number of hydrogen-bond donors (Lipinski definition) is 1. The van der Waals surface area contributed by atoms with E-state index >= 15 is 0 Å². The van der Waals surface area contributed by atoms with Crippen molar-refractivity contribution >= 4 is 12.4 Å². The monoisotopic (exact) mass is 351 g/mol. The predicted octanol–water partition coefficient (Wildman–Crippen LogP) is 4.86. The summed E-state index contributed by atoms with van der Waals surface area (Å²) in [6.45, 7) is 9.34. The van der Waals surface area contributed by atoms with Gasteiger partial charge in [0.2, 0.25) is 0 Å². The van der Waals surface area contributed by atoms with Gasteiger partial charge in [-0.25, -0.2) is 0 Å². The van der Waals surface area contributed by atoms with Crippen LogP contribution in [0.3, 0.4) is 0 Å². The van der Waals surface area contributed by atoms with Crippen LogP contribution in [-0.2, 0) is 0 Å². The van der Waals surface area contributed by atoms with E-state index in [0.717, 1.165) is 25.4 Å². The van der Waals surface area contributed by atoms with Crippen LogP contribution in [0.4, 0.5) is 0 Å².